The van der Waals surface area contributed by atoms with Crippen LogP contribution in [0.4, 0.5) is 4.39 Å². The monoisotopic (exact) mass is 1040 g/mol. The zero-order valence-corrected chi connectivity index (χ0v) is 42.7. The van der Waals surface area contributed by atoms with Crippen molar-refractivity contribution in [3.8, 4) is 85.1 Å². The van der Waals surface area contributed by atoms with Gasteiger partial charge in [-0.15, -0.1) is 0 Å². The van der Waals surface area contributed by atoms with Gasteiger partial charge in [0.2, 0.25) is 0 Å². The third-order valence-electron chi connectivity index (χ3n) is 13.3. The third kappa shape index (κ3) is 10.2. The van der Waals surface area contributed by atoms with Gasteiger partial charge in [0.05, 0.1) is 22.3 Å². The molecule has 0 unspecified atom stereocenters. The molecule has 0 amide bonds. The van der Waals surface area contributed by atoms with Crippen LogP contribution in [0.1, 0.15) is 11.1 Å². The molecule has 0 saturated heterocycles. The maximum atomic E-state index is 14.4. The smallest absolute Gasteiger partial charge is 0.167 e. The van der Waals surface area contributed by atoms with Gasteiger partial charge in [-0.2, -0.15) is 0 Å². The van der Waals surface area contributed by atoms with Crippen LogP contribution >= 0.6 is 23.2 Å². The van der Waals surface area contributed by atoms with Gasteiger partial charge >= 0.3 is 0 Å². The molecule has 1 aliphatic rings. The van der Waals surface area contributed by atoms with E-state index in [4.69, 9.17) is 38.2 Å². The summed E-state index contributed by atoms with van der Waals surface area (Å²) in [4.78, 5) is 28.3. The summed E-state index contributed by atoms with van der Waals surface area (Å²) in [6, 6.07) is 83.5. The highest BCUT2D eigenvalue weighted by molar-refractivity contribution is 6.31. The van der Waals surface area contributed by atoms with Crippen molar-refractivity contribution in [3.05, 3.63) is 282 Å². The second-order valence-electron chi connectivity index (χ2n) is 18.2. The zero-order chi connectivity index (χ0) is 52.1. The number of halogens is 3. The summed E-state index contributed by atoms with van der Waals surface area (Å²) >= 11 is 12.6. The minimum absolute atomic E-state index is 0.245. The van der Waals surface area contributed by atoms with Crippen LogP contribution in [0.25, 0.3) is 107 Å². The molecule has 10 heteroatoms. The third-order valence-corrected chi connectivity index (χ3v) is 13.8. The van der Waals surface area contributed by atoms with Crippen molar-refractivity contribution in [1.29, 1.82) is 0 Å². The molecule has 0 saturated carbocycles. The van der Waals surface area contributed by atoms with Crippen LogP contribution in [0.5, 0.6) is 0 Å². The number of fused-ring (bicyclic) bond motifs is 6. The molecule has 14 rings (SSSR count). The van der Waals surface area contributed by atoms with Gasteiger partial charge in [0, 0.05) is 48.6 Å². The fourth-order valence-electron chi connectivity index (χ4n) is 9.67. The fraction of sp³-hybridized carbons (Fsp3) is 0.0149. The molecular formula is C67H44Cl2FN7. The van der Waals surface area contributed by atoms with Crippen LogP contribution in [0.15, 0.2) is 255 Å². The van der Waals surface area contributed by atoms with Crippen LogP contribution in [-0.4, -0.2) is 34.5 Å². The molecular weight excluding hydrogens is 993 g/mol. The molecule has 0 N–H and O–H groups in total. The SMILES string of the molecule is Clc1ccc(-n2c3ccccc3c3ccccc32)c(-c2nc(-c3ccccc3)nc(-c3ccccc3)n2)c1.Fc1ccc(Cl)cc1-c1nc(-c2ccccc2)nc(-c2ccccc2)n1.c1ccc2c(c1)Cc1ccccc1-2. The Morgan fingerprint density at radius 3 is 1.09 bits per heavy atom. The van der Waals surface area contributed by atoms with Gasteiger partial charge in [-0.1, -0.05) is 229 Å². The van der Waals surface area contributed by atoms with E-state index in [2.05, 4.69) is 117 Å². The van der Waals surface area contributed by atoms with Crippen LogP contribution in [0, 0.1) is 5.82 Å². The molecule has 10 aromatic carbocycles. The minimum Gasteiger partial charge on any atom is -0.309 e. The molecule has 0 atom stereocenters. The Balaban J connectivity index is 0.000000131. The molecule has 7 nitrogen and oxygen atoms in total. The van der Waals surface area contributed by atoms with Gasteiger partial charge in [0.15, 0.2) is 34.9 Å². The first kappa shape index (κ1) is 48.5. The Morgan fingerprint density at radius 2 is 0.649 bits per heavy atom. The van der Waals surface area contributed by atoms with E-state index in [1.807, 2.05) is 140 Å². The van der Waals surface area contributed by atoms with Crippen LogP contribution in [0.2, 0.25) is 10.0 Å². The normalized spacial score (nSPS) is 11.3. The second kappa shape index (κ2) is 21.8. The maximum absolute atomic E-state index is 14.4. The molecule has 0 spiro atoms. The first-order chi connectivity index (χ1) is 37.9. The van der Waals surface area contributed by atoms with Crippen LogP contribution in [0.3, 0.4) is 0 Å². The standard InChI is InChI=1S/C33H21ClN4.C21H13ClFN3.C13H10/c34-24-19-20-30(38-28-17-9-7-15-25(28)26-16-8-10-18-29(26)38)27(21-24)33-36-31(22-11-3-1-4-12-22)35-32(37-33)23-13-5-2-6-14-23;22-16-11-12-18(23)17(13-16)21-25-19(14-7-3-1-4-8-14)24-20(26-21)15-9-5-2-6-10-15;1-3-7-12-10(5-1)9-11-6-2-4-8-13(11)12/h1-21H;1-13H;1-8H,9H2. The van der Waals surface area contributed by atoms with E-state index < -0.39 is 5.82 Å². The van der Waals surface area contributed by atoms with E-state index in [0.717, 1.165) is 51.0 Å². The van der Waals surface area contributed by atoms with E-state index in [1.54, 1.807) is 0 Å². The highest BCUT2D eigenvalue weighted by atomic mass is 35.5. The Kier molecular flexibility index (Phi) is 13.7. The predicted molar refractivity (Wildman–Crippen MR) is 311 cm³/mol. The summed E-state index contributed by atoms with van der Waals surface area (Å²) in [6.45, 7) is 0. The van der Waals surface area contributed by atoms with E-state index in [-0.39, 0.29) is 11.4 Å². The summed E-state index contributed by atoms with van der Waals surface area (Å²) in [5.41, 5.74) is 13.5. The lowest BCUT2D eigenvalue weighted by Gasteiger charge is -2.15. The fourth-order valence-corrected chi connectivity index (χ4v) is 10.0. The van der Waals surface area contributed by atoms with Gasteiger partial charge in [-0.25, -0.2) is 34.3 Å². The zero-order valence-electron chi connectivity index (χ0n) is 41.2. The molecule has 368 valence electrons. The predicted octanol–water partition coefficient (Wildman–Crippen LogP) is 17.5. The van der Waals surface area contributed by atoms with Gasteiger partial charge in [0.25, 0.3) is 0 Å². The quantitative estimate of drug-likeness (QED) is 0.158. The highest BCUT2D eigenvalue weighted by Crippen LogP contribution is 2.38. The van der Waals surface area contributed by atoms with Gasteiger partial charge < -0.3 is 4.57 Å². The molecule has 3 heterocycles. The summed E-state index contributed by atoms with van der Waals surface area (Å²) < 4.78 is 16.6. The topological polar surface area (TPSA) is 82.3 Å². The summed E-state index contributed by atoms with van der Waals surface area (Å²) in [6.07, 6.45) is 1.10. The molecule has 0 aliphatic heterocycles. The summed E-state index contributed by atoms with van der Waals surface area (Å²) in [5.74, 6) is 2.57. The number of para-hydroxylation sites is 2. The van der Waals surface area contributed by atoms with Crippen LogP contribution < -0.4 is 0 Å². The number of hydrogen-bond donors (Lipinski definition) is 0. The molecule has 1 aliphatic carbocycles. The molecule has 77 heavy (non-hydrogen) atoms. The van der Waals surface area contributed by atoms with Crippen molar-refractivity contribution in [2.75, 3.05) is 0 Å². The second-order valence-corrected chi connectivity index (χ2v) is 19.1. The Morgan fingerprint density at radius 1 is 0.312 bits per heavy atom. The summed E-state index contributed by atoms with van der Waals surface area (Å²) in [7, 11) is 0. The van der Waals surface area contributed by atoms with E-state index in [0.29, 0.717) is 39.2 Å². The van der Waals surface area contributed by atoms with Crippen molar-refractivity contribution in [2.45, 2.75) is 6.42 Å². The summed E-state index contributed by atoms with van der Waals surface area (Å²) in [5, 5.41) is 3.42. The highest BCUT2D eigenvalue weighted by Gasteiger charge is 2.21. The number of nitrogens with zero attached hydrogens (tertiary/aromatic N) is 7. The van der Waals surface area contributed by atoms with Gasteiger partial charge in [-0.3, -0.25) is 0 Å². The molecule has 0 bridgehead atoms. The Bertz CT molecular complexity index is 4020. The van der Waals surface area contributed by atoms with Crippen molar-refractivity contribution >= 4 is 45.0 Å². The number of rotatable bonds is 7. The van der Waals surface area contributed by atoms with Crippen LogP contribution in [-0.2, 0) is 6.42 Å². The lowest BCUT2D eigenvalue weighted by atomic mass is 10.1. The van der Waals surface area contributed by atoms with E-state index in [1.165, 1.54) is 51.2 Å². The number of benzene rings is 10. The molecule has 0 fully saturated rings. The minimum atomic E-state index is -0.432. The lowest BCUT2D eigenvalue weighted by molar-refractivity contribution is 0.630. The molecule has 3 aromatic heterocycles. The number of hydrogen-bond acceptors (Lipinski definition) is 6. The average molecular weight is 1040 g/mol. The van der Waals surface area contributed by atoms with Crippen molar-refractivity contribution in [2.24, 2.45) is 0 Å². The molecule has 13 aromatic rings. The largest absolute Gasteiger partial charge is 0.309 e. The van der Waals surface area contributed by atoms with E-state index in [9.17, 15) is 4.39 Å². The van der Waals surface area contributed by atoms with E-state index >= 15 is 0 Å². The Hall–Kier alpha value is -9.47. The van der Waals surface area contributed by atoms with Crippen molar-refractivity contribution in [3.63, 3.8) is 0 Å². The maximum Gasteiger partial charge on any atom is 0.167 e. The number of aromatic nitrogens is 7. The Labute approximate surface area is 454 Å². The first-order valence-corrected chi connectivity index (χ1v) is 25.8. The van der Waals surface area contributed by atoms with Gasteiger partial charge in [0.1, 0.15) is 5.82 Å². The van der Waals surface area contributed by atoms with Crippen molar-refractivity contribution in [1.82, 2.24) is 34.5 Å². The lowest BCUT2D eigenvalue weighted by Crippen LogP contribution is -2.03. The van der Waals surface area contributed by atoms with Gasteiger partial charge in [-0.05, 0) is 77.2 Å². The average Bonchev–Trinajstić information content (AvgIpc) is 4.10. The molecule has 0 radical (unpaired) electrons. The first-order valence-electron chi connectivity index (χ1n) is 25.1. The van der Waals surface area contributed by atoms with Crippen molar-refractivity contribution < 1.29 is 4.39 Å².